The van der Waals surface area contributed by atoms with Gasteiger partial charge in [-0.2, -0.15) is 5.10 Å². The fraction of sp³-hybridized carbons (Fsp3) is 0.353. The maximum Gasteiger partial charge on any atom is 0.282 e. The topological polar surface area (TPSA) is 50.5 Å². The van der Waals surface area contributed by atoms with E-state index in [4.69, 9.17) is 11.6 Å². The van der Waals surface area contributed by atoms with E-state index in [9.17, 15) is 4.79 Å². The Labute approximate surface area is 148 Å². The molecule has 0 aliphatic carbocycles. The standard InChI is InChI=1S/C17H17ClN4OS/c1-2-11-6-8-21(10-11)17(23)16-20-14(15(18)24-16)12-9-19-22-7-4-3-5-13(12)22/h3-5,7,9,11H,2,6,8,10H2,1H3. The van der Waals surface area contributed by atoms with Crippen LogP contribution in [0.5, 0.6) is 0 Å². The Balaban J connectivity index is 1.67. The molecule has 3 aromatic rings. The van der Waals surface area contributed by atoms with E-state index in [-0.39, 0.29) is 5.91 Å². The second-order valence-electron chi connectivity index (χ2n) is 6.04. The Morgan fingerprint density at radius 2 is 2.33 bits per heavy atom. The fourth-order valence-electron chi connectivity index (χ4n) is 3.16. The maximum atomic E-state index is 12.7. The zero-order chi connectivity index (χ0) is 16.7. The van der Waals surface area contributed by atoms with Crippen molar-refractivity contribution in [1.82, 2.24) is 19.5 Å². The molecule has 4 heterocycles. The molecular formula is C17H17ClN4OS. The van der Waals surface area contributed by atoms with Crippen molar-refractivity contribution < 1.29 is 4.79 Å². The van der Waals surface area contributed by atoms with Crippen molar-refractivity contribution in [3.8, 4) is 11.3 Å². The number of carbonyl (C=O) groups excluding carboxylic acids is 1. The molecule has 4 rings (SSSR count). The third-order valence-corrected chi connectivity index (χ3v) is 5.84. The van der Waals surface area contributed by atoms with Crippen LogP contribution in [0.4, 0.5) is 0 Å². The normalized spacial score (nSPS) is 17.8. The number of fused-ring (bicyclic) bond motifs is 1. The molecular weight excluding hydrogens is 344 g/mol. The molecule has 24 heavy (non-hydrogen) atoms. The van der Waals surface area contributed by atoms with Crippen LogP contribution >= 0.6 is 22.9 Å². The van der Waals surface area contributed by atoms with Gasteiger partial charge >= 0.3 is 0 Å². The van der Waals surface area contributed by atoms with Crippen molar-refractivity contribution in [3.05, 3.63) is 39.9 Å². The van der Waals surface area contributed by atoms with E-state index >= 15 is 0 Å². The third-order valence-electron chi connectivity index (χ3n) is 4.60. The summed E-state index contributed by atoms with van der Waals surface area (Å²) in [6, 6.07) is 5.83. The smallest absolute Gasteiger partial charge is 0.282 e. The number of rotatable bonds is 3. The van der Waals surface area contributed by atoms with Crippen molar-refractivity contribution in [2.75, 3.05) is 13.1 Å². The van der Waals surface area contributed by atoms with Gasteiger partial charge in [-0.15, -0.1) is 0 Å². The predicted molar refractivity (Wildman–Crippen MR) is 95.6 cm³/mol. The summed E-state index contributed by atoms with van der Waals surface area (Å²) in [6.07, 6.45) is 5.80. The first-order chi connectivity index (χ1) is 11.7. The molecule has 124 valence electrons. The van der Waals surface area contributed by atoms with E-state index in [1.807, 2.05) is 29.3 Å². The number of aromatic nitrogens is 3. The largest absolute Gasteiger partial charge is 0.336 e. The molecule has 0 aromatic carbocycles. The third kappa shape index (κ3) is 2.59. The number of amides is 1. The fourth-order valence-corrected chi connectivity index (χ4v) is 4.30. The highest BCUT2D eigenvalue weighted by Crippen LogP contribution is 2.35. The van der Waals surface area contributed by atoms with Crippen LogP contribution in [-0.2, 0) is 0 Å². The summed E-state index contributed by atoms with van der Waals surface area (Å²) in [7, 11) is 0. The SMILES string of the molecule is CCC1CCN(C(=O)c2nc(-c3cnn4ccccc34)c(Cl)s2)C1. The second-order valence-corrected chi connectivity index (χ2v) is 7.65. The number of nitrogens with zero attached hydrogens (tertiary/aromatic N) is 4. The van der Waals surface area contributed by atoms with Crippen LogP contribution < -0.4 is 0 Å². The van der Waals surface area contributed by atoms with Crippen LogP contribution in [0.2, 0.25) is 4.34 Å². The number of carbonyl (C=O) groups is 1. The van der Waals surface area contributed by atoms with Crippen molar-refractivity contribution in [3.63, 3.8) is 0 Å². The molecule has 1 atom stereocenters. The number of pyridine rings is 1. The number of thiazole rings is 1. The van der Waals surface area contributed by atoms with Crippen LogP contribution in [0.25, 0.3) is 16.8 Å². The van der Waals surface area contributed by atoms with E-state index in [0.29, 0.717) is 21.0 Å². The highest BCUT2D eigenvalue weighted by Gasteiger charge is 2.29. The molecule has 3 aromatic heterocycles. The first-order valence-electron chi connectivity index (χ1n) is 8.05. The highest BCUT2D eigenvalue weighted by molar-refractivity contribution is 7.18. The van der Waals surface area contributed by atoms with E-state index in [2.05, 4.69) is 17.0 Å². The van der Waals surface area contributed by atoms with Crippen LogP contribution in [0, 0.1) is 5.92 Å². The Hall–Kier alpha value is -1.92. The van der Waals surface area contributed by atoms with Gasteiger partial charge in [0.15, 0.2) is 5.01 Å². The quantitative estimate of drug-likeness (QED) is 0.709. The maximum absolute atomic E-state index is 12.7. The van der Waals surface area contributed by atoms with Crippen molar-refractivity contribution in [2.24, 2.45) is 5.92 Å². The van der Waals surface area contributed by atoms with Gasteiger partial charge in [0.2, 0.25) is 0 Å². The minimum atomic E-state index is -0.0134. The van der Waals surface area contributed by atoms with Gasteiger partial charge in [-0.1, -0.05) is 42.3 Å². The minimum absolute atomic E-state index is 0.0134. The van der Waals surface area contributed by atoms with Crippen LogP contribution in [0.15, 0.2) is 30.6 Å². The zero-order valence-electron chi connectivity index (χ0n) is 13.3. The molecule has 1 aliphatic rings. The average molecular weight is 361 g/mol. The van der Waals surface area contributed by atoms with Gasteiger partial charge in [0, 0.05) is 24.8 Å². The van der Waals surface area contributed by atoms with E-state index < -0.39 is 0 Å². The number of halogens is 1. The van der Waals surface area contributed by atoms with Crippen LogP contribution in [-0.4, -0.2) is 38.5 Å². The number of hydrogen-bond donors (Lipinski definition) is 0. The molecule has 0 N–H and O–H groups in total. The zero-order valence-corrected chi connectivity index (χ0v) is 14.8. The summed E-state index contributed by atoms with van der Waals surface area (Å²) in [5.74, 6) is 0.587. The summed E-state index contributed by atoms with van der Waals surface area (Å²) >= 11 is 7.64. The summed E-state index contributed by atoms with van der Waals surface area (Å²) in [4.78, 5) is 19.1. The van der Waals surface area contributed by atoms with Gasteiger partial charge < -0.3 is 4.90 Å². The first kappa shape index (κ1) is 15.6. The lowest BCUT2D eigenvalue weighted by molar-refractivity contribution is 0.0786. The predicted octanol–water partition coefficient (Wildman–Crippen LogP) is 3.98. The van der Waals surface area contributed by atoms with Gasteiger partial charge in [0.1, 0.15) is 10.0 Å². The van der Waals surface area contributed by atoms with Gasteiger partial charge in [0.25, 0.3) is 5.91 Å². The second kappa shape index (κ2) is 6.18. The van der Waals surface area contributed by atoms with Crippen LogP contribution in [0.3, 0.4) is 0 Å². The van der Waals surface area contributed by atoms with Gasteiger partial charge in [-0.25, -0.2) is 9.50 Å². The van der Waals surface area contributed by atoms with Gasteiger partial charge in [-0.3, -0.25) is 4.79 Å². The number of hydrogen-bond acceptors (Lipinski definition) is 4. The van der Waals surface area contributed by atoms with Crippen molar-refractivity contribution >= 4 is 34.4 Å². The molecule has 0 bridgehead atoms. The highest BCUT2D eigenvalue weighted by atomic mass is 35.5. The average Bonchev–Trinajstić information content (AvgIpc) is 3.31. The summed E-state index contributed by atoms with van der Waals surface area (Å²) in [6.45, 7) is 3.79. The summed E-state index contributed by atoms with van der Waals surface area (Å²) < 4.78 is 2.31. The molecule has 7 heteroatoms. The lowest BCUT2D eigenvalue weighted by Gasteiger charge is -2.14. The Bertz CT molecular complexity index is 903. The lowest BCUT2D eigenvalue weighted by atomic mass is 10.1. The molecule has 0 radical (unpaired) electrons. The molecule has 1 aliphatic heterocycles. The first-order valence-corrected chi connectivity index (χ1v) is 9.25. The molecule has 1 unspecified atom stereocenters. The van der Waals surface area contributed by atoms with Gasteiger partial charge in [-0.05, 0) is 24.5 Å². The molecule has 1 amide bonds. The lowest BCUT2D eigenvalue weighted by Crippen LogP contribution is -2.28. The molecule has 0 saturated carbocycles. The van der Waals surface area contributed by atoms with Crippen molar-refractivity contribution in [1.29, 1.82) is 0 Å². The minimum Gasteiger partial charge on any atom is -0.336 e. The van der Waals surface area contributed by atoms with E-state index in [1.54, 1.807) is 10.7 Å². The summed E-state index contributed by atoms with van der Waals surface area (Å²) in [5.41, 5.74) is 2.41. The van der Waals surface area contributed by atoms with Crippen molar-refractivity contribution in [2.45, 2.75) is 19.8 Å². The number of likely N-dealkylation sites (tertiary alicyclic amines) is 1. The van der Waals surface area contributed by atoms with Crippen LogP contribution in [0.1, 0.15) is 29.6 Å². The molecule has 1 saturated heterocycles. The van der Waals surface area contributed by atoms with Gasteiger partial charge in [0.05, 0.1) is 11.7 Å². The molecule has 5 nitrogen and oxygen atoms in total. The Morgan fingerprint density at radius 3 is 3.12 bits per heavy atom. The Morgan fingerprint density at radius 1 is 1.46 bits per heavy atom. The molecule has 1 fully saturated rings. The Kier molecular flexibility index (Phi) is 4.02. The van der Waals surface area contributed by atoms with E-state index in [1.165, 1.54) is 11.3 Å². The monoisotopic (exact) mass is 360 g/mol. The van der Waals surface area contributed by atoms with E-state index in [0.717, 1.165) is 37.0 Å². The summed E-state index contributed by atoms with van der Waals surface area (Å²) in [5, 5.41) is 4.78. The molecule has 0 spiro atoms.